The van der Waals surface area contributed by atoms with Crippen molar-refractivity contribution in [3.63, 3.8) is 0 Å². The molecule has 0 heterocycles. The summed E-state index contributed by atoms with van der Waals surface area (Å²) in [6, 6.07) is 20.0. The van der Waals surface area contributed by atoms with Gasteiger partial charge in [-0.1, -0.05) is 48.5 Å². The molecule has 100 valence electrons. The molecular formula is C18H16O2. The predicted molar refractivity (Wildman–Crippen MR) is 80.8 cm³/mol. The number of hydrogen-bond donors (Lipinski definition) is 2. The van der Waals surface area contributed by atoms with Crippen LogP contribution >= 0.6 is 0 Å². The molecule has 3 aromatic carbocycles. The number of rotatable bonds is 3. The van der Waals surface area contributed by atoms with E-state index in [1.54, 1.807) is 6.07 Å². The van der Waals surface area contributed by atoms with E-state index in [0.29, 0.717) is 5.56 Å². The zero-order chi connectivity index (χ0) is 13.9. The van der Waals surface area contributed by atoms with Crippen LogP contribution in [0, 0.1) is 0 Å². The molecular weight excluding hydrogens is 248 g/mol. The van der Waals surface area contributed by atoms with Gasteiger partial charge in [-0.25, -0.2) is 0 Å². The van der Waals surface area contributed by atoms with Crippen LogP contribution in [0.5, 0.6) is 5.75 Å². The lowest BCUT2D eigenvalue weighted by Crippen LogP contribution is -1.92. The van der Waals surface area contributed by atoms with Crippen molar-refractivity contribution in [1.82, 2.24) is 0 Å². The standard InChI is InChI=1S/C18H16O2/c19-12-16-11-13(8-9-18(16)20)10-15-6-3-5-14-4-1-2-7-17(14)15/h1-9,11,19-20H,10,12H2. The van der Waals surface area contributed by atoms with E-state index in [0.717, 1.165) is 12.0 Å². The summed E-state index contributed by atoms with van der Waals surface area (Å²) >= 11 is 0. The van der Waals surface area contributed by atoms with E-state index < -0.39 is 0 Å². The van der Waals surface area contributed by atoms with Gasteiger partial charge in [0, 0.05) is 5.56 Å². The van der Waals surface area contributed by atoms with Crippen molar-refractivity contribution in [2.45, 2.75) is 13.0 Å². The average Bonchev–Trinajstić information content (AvgIpc) is 2.49. The maximum absolute atomic E-state index is 9.61. The predicted octanol–water partition coefficient (Wildman–Crippen LogP) is 3.63. The van der Waals surface area contributed by atoms with Gasteiger partial charge in [-0.05, 0) is 40.5 Å². The van der Waals surface area contributed by atoms with Crippen molar-refractivity contribution in [2.24, 2.45) is 0 Å². The highest BCUT2D eigenvalue weighted by Crippen LogP contribution is 2.24. The highest BCUT2D eigenvalue weighted by molar-refractivity contribution is 5.85. The summed E-state index contributed by atoms with van der Waals surface area (Å²) in [5.41, 5.74) is 2.91. The molecule has 0 aliphatic rings. The van der Waals surface area contributed by atoms with E-state index in [4.69, 9.17) is 0 Å². The van der Waals surface area contributed by atoms with Gasteiger partial charge in [-0.2, -0.15) is 0 Å². The molecule has 0 saturated carbocycles. The lowest BCUT2D eigenvalue weighted by Gasteiger charge is -2.09. The summed E-state index contributed by atoms with van der Waals surface area (Å²) < 4.78 is 0. The van der Waals surface area contributed by atoms with Gasteiger partial charge in [-0.15, -0.1) is 0 Å². The van der Waals surface area contributed by atoms with Gasteiger partial charge in [0.05, 0.1) is 6.61 Å². The molecule has 3 rings (SSSR count). The maximum atomic E-state index is 9.61. The van der Waals surface area contributed by atoms with Crippen LogP contribution in [-0.4, -0.2) is 10.2 Å². The van der Waals surface area contributed by atoms with E-state index in [2.05, 4.69) is 30.3 Å². The largest absolute Gasteiger partial charge is 0.508 e. The summed E-state index contributed by atoms with van der Waals surface area (Å²) in [7, 11) is 0. The van der Waals surface area contributed by atoms with Crippen LogP contribution in [-0.2, 0) is 13.0 Å². The minimum atomic E-state index is -0.144. The monoisotopic (exact) mass is 264 g/mol. The Bertz CT molecular complexity index is 742. The Balaban J connectivity index is 2.01. The first-order valence-corrected chi connectivity index (χ1v) is 6.66. The first-order valence-electron chi connectivity index (χ1n) is 6.66. The lowest BCUT2D eigenvalue weighted by atomic mass is 9.97. The second-order valence-electron chi connectivity index (χ2n) is 4.94. The fourth-order valence-electron chi connectivity index (χ4n) is 2.54. The smallest absolute Gasteiger partial charge is 0.121 e. The van der Waals surface area contributed by atoms with Crippen LogP contribution in [0.2, 0.25) is 0 Å². The van der Waals surface area contributed by atoms with Crippen molar-refractivity contribution < 1.29 is 10.2 Å². The minimum Gasteiger partial charge on any atom is -0.508 e. The SMILES string of the molecule is OCc1cc(Cc2cccc3ccccc23)ccc1O. The van der Waals surface area contributed by atoms with Crippen LogP contribution in [0.25, 0.3) is 10.8 Å². The van der Waals surface area contributed by atoms with Crippen molar-refractivity contribution in [2.75, 3.05) is 0 Å². The van der Waals surface area contributed by atoms with Crippen LogP contribution in [0.3, 0.4) is 0 Å². The van der Waals surface area contributed by atoms with E-state index >= 15 is 0 Å². The fraction of sp³-hybridized carbons (Fsp3) is 0.111. The Morgan fingerprint density at radius 3 is 2.45 bits per heavy atom. The fourth-order valence-corrected chi connectivity index (χ4v) is 2.54. The molecule has 2 nitrogen and oxygen atoms in total. The summed E-state index contributed by atoms with van der Waals surface area (Å²) in [4.78, 5) is 0. The molecule has 3 aromatic rings. The van der Waals surface area contributed by atoms with Crippen molar-refractivity contribution in [3.05, 3.63) is 77.4 Å². The van der Waals surface area contributed by atoms with Gasteiger partial charge in [0.2, 0.25) is 0 Å². The van der Waals surface area contributed by atoms with Gasteiger partial charge in [0.1, 0.15) is 5.75 Å². The molecule has 0 fully saturated rings. The molecule has 0 bridgehead atoms. The Labute approximate surface area is 117 Å². The van der Waals surface area contributed by atoms with Gasteiger partial charge < -0.3 is 10.2 Å². The average molecular weight is 264 g/mol. The Kier molecular flexibility index (Phi) is 3.40. The molecule has 0 unspecified atom stereocenters. The highest BCUT2D eigenvalue weighted by Gasteiger charge is 2.05. The Hall–Kier alpha value is -2.32. The molecule has 0 atom stereocenters. The molecule has 0 saturated heterocycles. The molecule has 0 aliphatic heterocycles. The van der Waals surface area contributed by atoms with Gasteiger partial charge in [-0.3, -0.25) is 0 Å². The third-order valence-electron chi connectivity index (χ3n) is 3.59. The number of aromatic hydroxyl groups is 1. The maximum Gasteiger partial charge on any atom is 0.121 e. The van der Waals surface area contributed by atoms with Gasteiger partial charge >= 0.3 is 0 Å². The zero-order valence-electron chi connectivity index (χ0n) is 11.1. The van der Waals surface area contributed by atoms with Crippen LogP contribution in [0.1, 0.15) is 16.7 Å². The van der Waals surface area contributed by atoms with Crippen molar-refractivity contribution in [1.29, 1.82) is 0 Å². The number of aliphatic hydroxyl groups is 1. The number of phenols is 1. The Morgan fingerprint density at radius 1 is 0.800 bits per heavy atom. The van der Waals surface area contributed by atoms with Crippen LogP contribution in [0.15, 0.2) is 60.7 Å². The molecule has 0 radical (unpaired) electrons. The van der Waals surface area contributed by atoms with Gasteiger partial charge in [0.15, 0.2) is 0 Å². The van der Waals surface area contributed by atoms with E-state index in [9.17, 15) is 10.2 Å². The second kappa shape index (κ2) is 5.35. The summed E-state index contributed by atoms with van der Waals surface area (Å²) in [5.74, 6) is 0.147. The second-order valence-corrected chi connectivity index (χ2v) is 4.94. The highest BCUT2D eigenvalue weighted by atomic mass is 16.3. The number of benzene rings is 3. The van der Waals surface area contributed by atoms with Gasteiger partial charge in [0.25, 0.3) is 0 Å². The number of fused-ring (bicyclic) bond motifs is 1. The molecule has 0 aromatic heterocycles. The summed E-state index contributed by atoms with van der Waals surface area (Å²) in [6.45, 7) is -0.144. The molecule has 2 N–H and O–H groups in total. The number of aliphatic hydroxyl groups excluding tert-OH is 1. The minimum absolute atomic E-state index is 0.144. The van der Waals surface area contributed by atoms with E-state index in [1.807, 2.05) is 24.3 Å². The normalized spacial score (nSPS) is 10.8. The molecule has 0 aliphatic carbocycles. The number of hydrogen-bond acceptors (Lipinski definition) is 2. The third kappa shape index (κ3) is 2.38. The van der Waals surface area contributed by atoms with Crippen molar-refractivity contribution in [3.8, 4) is 5.75 Å². The zero-order valence-corrected chi connectivity index (χ0v) is 11.1. The molecule has 20 heavy (non-hydrogen) atoms. The first-order chi connectivity index (χ1) is 9.78. The first kappa shape index (κ1) is 12.7. The molecule has 0 spiro atoms. The third-order valence-corrected chi connectivity index (χ3v) is 3.59. The Morgan fingerprint density at radius 2 is 1.60 bits per heavy atom. The quantitative estimate of drug-likeness (QED) is 0.758. The van der Waals surface area contributed by atoms with Crippen molar-refractivity contribution >= 4 is 10.8 Å². The van der Waals surface area contributed by atoms with Crippen LogP contribution < -0.4 is 0 Å². The summed E-state index contributed by atoms with van der Waals surface area (Å²) in [5, 5.41) is 21.3. The topological polar surface area (TPSA) is 40.5 Å². The lowest BCUT2D eigenvalue weighted by molar-refractivity contribution is 0.275. The summed E-state index contributed by atoms with van der Waals surface area (Å²) in [6.07, 6.45) is 0.786. The van der Waals surface area contributed by atoms with E-state index in [1.165, 1.54) is 16.3 Å². The van der Waals surface area contributed by atoms with Crippen LogP contribution in [0.4, 0.5) is 0 Å². The molecule has 0 amide bonds. The van der Waals surface area contributed by atoms with E-state index in [-0.39, 0.29) is 12.4 Å². The molecule has 2 heteroatoms.